The van der Waals surface area contributed by atoms with Gasteiger partial charge in [-0.2, -0.15) is 0 Å². The second-order valence-electron chi connectivity index (χ2n) is 16.8. The predicted octanol–water partition coefficient (Wildman–Crippen LogP) is 9.50. The van der Waals surface area contributed by atoms with Gasteiger partial charge in [-0.3, -0.25) is 9.80 Å². The van der Waals surface area contributed by atoms with Gasteiger partial charge in [-0.15, -0.1) is 0 Å². The van der Waals surface area contributed by atoms with Crippen molar-refractivity contribution in [3.63, 3.8) is 0 Å². The van der Waals surface area contributed by atoms with Gasteiger partial charge >= 0.3 is 0 Å². The van der Waals surface area contributed by atoms with Crippen LogP contribution in [0.5, 0.6) is 0 Å². The van der Waals surface area contributed by atoms with Crippen molar-refractivity contribution in [3.8, 4) is 0 Å². The third-order valence-corrected chi connectivity index (χ3v) is 11.5. The molecule has 0 saturated carbocycles. The zero-order chi connectivity index (χ0) is 34.8. The van der Waals surface area contributed by atoms with Crippen molar-refractivity contribution in [2.75, 3.05) is 52.4 Å². The molecule has 0 aromatic heterocycles. The Morgan fingerprint density at radius 3 is 1.24 bits per heavy atom. The highest BCUT2D eigenvalue weighted by molar-refractivity contribution is 4.80. The van der Waals surface area contributed by atoms with Gasteiger partial charge in [0.15, 0.2) is 0 Å². The Labute approximate surface area is 291 Å². The molecule has 4 unspecified atom stereocenters. The normalized spacial score (nSPS) is 28.0. The monoisotopic (exact) mass is 650 g/mol. The van der Waals surface area contributed by atoms with Crippen LogP contribution in [-0.2, 0) is 0 Å². The lowest BCUT2D eigenvalue weighted by molar-refractivity contribution is 0.199. The summed E-state index contributed by atoms with van der Waals surface area (Å²) in [5.74, 6) is 1.93. The van der Waals surface area contributed by atoms with Crippen molar-refractivity contribution in [2.24, 2.45) is 11.8 Å². The van der Waals surface area contributed by atoms with E-state index in [0.29, 0.717) is 0 Å². The highest BCUT2D eigenvalue weighted by Gasteiger charge is 2.25. The van der Waals surface area contributed by atoms with E-state index in [1.165, 1.54) is 117 Å². The Morgan fingerprint density at radius 1 is 0.457 bits per heavy atom. The molecule has 5 aliphatic rings. The maximum Gasteiger partial charge on any atom is 0.00958 e. The number of nitrogens with zero attached hydrogens (tertiary/aromatic N) is 5. The van der Waals surface area contributed by atoms with E-state index >= 15 is 0 Å². The van der Waals surface area contributed by atoms with Gasteiger partial charge in [0.1, 0.15) is 0 Å². The SMILES string of the molecule is CC(C)N1CCCC1.CC(C)N1CCCC1C.CC1CCN(C(C)C)C1.CCC1CCCN1C(C)C.CCC1CCN(C(C)C)C1. The molecule has 0 amide bonds. The van der Waals surface area contributed by atoms with Crippen LogP contribution in [0.1, 0.15) is 161 Å². The van der Waals surface area contributed by atoms with Crippen molar-refractivity contribution in [1.29, 1.82) is 0 Å². The fourth-order valence-corrected chi connectivity index (χ4v) is 8.06. The summed E-state index contributed by atoms with van der Waals surface area (Å²) in [6.45, 7) is 42.7. The summed E-state index contributed by atoms with van der Waals surface area (Å²) in [4.78, 5) is 12.8. The van der Waals surface area contributed by atoms with Gasteiger partial charge in [0.05, 0.1) is 0 Å². The summed E-state index contributed by atoms with van der Waals surface area (Å²) in [7, 11) is 0. The van der Waals surface area contributed by atoms with E-state index in [1.54, 1.807) is 0 Å². The van der Waals surface area contributed by atoms with Gasteiger partial charge in [0, 0.05) is 55.4 Å². The summed E-state index contributed by atoms with van der Waals surface area (Å²) >= 11 is 0. The highest BCUT2D eigenvalue weighted by Crippen LogP contribution is 2.22. The molecule has 0 bridgehead atoms. The molecule has 0 N–H and O–H groups in total. The van der Waals surface area contributed by atoms with Crippen molar-refractivity contribution in [1.82, 2.24) is 24.5 Å². The second-order valence-corrected chi connectivity index (χ2v) is 16.8. The number of hydrogen-bond donors (Lipinski definition) is 0. The molecule has 276 valence electrons. The van der Waals surface area contributed by atoms with Crippen molar-refractivity contribution in [3.05, 3.63) is 0 Å². The summed E-state index contributed by atoms with van der Waals surface area (Å²) in [5.41, 5.74) is 0. The average molecular weight is 650 g/mol. The lowest BCUT2D eigenvalue weighted by atomic mass is 10.1. The molecule has 5 saturated heterocycles. The zero-order valence-corrected chi connectivity index (χ0v) is 34.2. The van der Waals surface area contributed by atoms with Gasteiger partial charge in [-0.25, -0.2) is 0 Å². The quantitative estimate of drug-likeness (QED) is 0.272. The van der Waals surface area contributed by atoms with Crippen molar-refractivity contribution in [2.45, 2.75) is 203 Å². The van der Waals surface area contributed by atoms with Crippen LogP contribution in [0.3, 0.4) is 0 Å². The lowest BCUT2D eigenvalue weighted by Crippen LogP contribution is -2.34. The van der Waals surface area contributed by atoms with Crippen LogP contribution < -0.4 is 0 Å². The minimum absolute atomic E-state index is 0.752. The first-order chi connectivity index (χ1) is 21.7. The molecule has 0 aromatic carbocycles. The zero-order valence-electron chi connectivity index (χ0n) is 34.2. The summed E-state index contributed by atoms with van der Waals surface area (Å²) in [6.07, 6.45) is 14.0. The van der Waals surface area contributed by atoms with E-state index in [2.05, 4.69) is 121 Å². The maximum atomic E-state index is 2.62. The number of rotatable bonds is 7. The molecular weight excluding hydrogens is 562 g/mol. The minimum atomic E-state index is 0.752. The number of hydrogen-bond acceptors (Lipinski definition) is 5. The average Bonchev–Trinajstić information content (AvgIpc) is 3.84. The van der Waals surface area contributed by atoms with E-state index < -0.39 is 0 Å². The highest BCUT2D eigenvalue weighted by atomic mass is 15.2. The van der Waals surface area contributed by atoms with Gasteiger partial charge in [-0.1, -0.05) is 27.2 Å². The third-order valence-electron chi connectivity index (χ3n) is 11.5. The first kappa shape index (κ1) is 43.8. The molecular formula is C41H87N5. The first-order valence-electron chi connectivity index (χ1n) is 20.4. The molecule has 5 heteroatoms. The van der Waals surface area contributed by atoms with Gasteiger partial charge in [0.25, 0.3) is 0 Å². The Balaban J connectivity index is 0.000000288. The fraction of sp³-hybridized carbons (Fsp3) is 1.00. The van der Waals surface area contributed by atoms with Crippen LogP contribution in [0.4, 0.5) is 0 Å². The van der Waals surface area contributed by atoms with Crippen LogP contribution in [0, 0.1) is 11.8 Å². The van der Waals surface area contributed by atoms with E-state index in [9.17, 15) is 0 Å². The molecule has 5 nitrogen and oxygen atoms in total. The maximum absolute atomic E-state index is 2.62. The smallest absolute Gasteiger partial charge is 0.00958 e. The van der Waals surface area contributed by atoms with E-state index in [1.807, 2.05) is 0 Å². The molecule has 5 fully saturated rings. The Kier molecular flexibility index (Phi) is 22.9. The molecule has 0 spiro atoms. The van der Waals surface area contributed by atoms with Gasteiger partial charge in [0.2, 0.25) is 0 Å². The molecule has 4 atom stereocenters. The Hall–Kier alpha value is -0.200. The van der Waals surface area contributed by atoms with E-state index in [-0.39, 0.29) is 0 Å². The van der Waals surface area contributed by atoms with Crippen LogP contribution in [0.2, 0.25) is 0 Å². The summed E-state index contributed by atoms with van der Waals surface area (Å²) in [5, 5.41) is 0. The second kappa shape index (κ2) is 24.0. The topological polar surface area (TPSA) is 16.2 Å². The van der Waals surface area contributed by atoms with E-state index in [0.717, 1.165) is 54.1 Å². The van der Waals surface area contributed by atoms with Crippen molar-refractivity contribution >= 4 is 0 Å². The van der Waals surface area contributed by atoms with Gasteiger partial charge < -0.3 is 14.7 Å². The van der Waals surface area contributed by atoms with E-state index in [4.69, 9.17) is 0 Å². The molecule has 5 aliphatic heterocycles. The molecule has 0 aliphatic carbocycles. The third kappa shape index (κ3) is 17.0. The molecule has 5 rings (SSSR count). The van der Waals surface area contributed by atoms with Crippen LogP contribution >= 0.6 is 0 Å². The standard InChI is InChI=1S/2C9H19N.2C8H17N.C7H15N/c1-4-9-5-6-10(7-9)8(2)3;1-4-9-6-5-7-10(9)8(2)3;1-7(2)9-5-4-8(3)6-9;1-7(2)9-6-4-5-8(9)3;1-7(2)8-5-3-4-6-8/h2*8-9H,4-7H2,1-3H3;2*7-8H,4-6H2,1-3H3;7H,3-6H2,1-2H3. The van der Waals surface area contributed by atoms with Gasteiger partial charge in [-0.05, 0) is 185 Å². The largest absolute Gasteiger partial charge is 0.301 e. The van der Waals surface area contributed by atoms with Crippen LogP contribution in [0.25, 0.3) is 0 Å². The molecule has 46 heavy (non-hydrogen) atoms. The molecule has 0 aromatic rings. The fourth-order valence-electron chi connectivity index (χ4n) is 8.06. The summed E-state index contributed by atoms with van der Waals surface area (Å²) in [6, 6.07) is 5.53. The lowest BCUT2D eigenvalue weighted by Gasteiger charge is -2.27. The Morgan fingerprint density at radius 2 is 0.957 bits per heavy atom. The summed E-state index contributed by atoms with van der Waals surface area (Å²) < 4.78 is 0. The van der Waals surface area contributed by atoms with Crippen LogP contribution in [-0.4, -0.2) is 119 Å². The van der Waals surface area contributed by atoms with Crippen LogP contribution in [0.15, 0.2) is 0 Å². The first-order valence-corrected chi connectivity index (χ1v) is 20.4. The predicted molar refractivity (Wildman–Crippen MR) is 207 cm³/mol. The molecule has 5 heterocycles. The van der Waals surface area contributed by atoms with Crippen molar-refractivity contribution < 1.29 is 0 Å². The minimum Gasteiger partial charge on any atom is -0.301 e. The molecule has 0 radical (unpaired) electrons. The Bertz CT molecular complexity index is 716. The number of likely N-dealkylation sites (tertiary alicyclic amines) is 5.